The van der Waals surface area contributed by atoms with E-state index < -0.39 is 0 Å². The van der Waals surface area contributed by atoms with E-state index in [4.69, 9.17) is 16.2 Å². The van der Waals surface area contributed by atoms with Gasteiger partial charge in [0.05, 0.1) is 24.4 Å². The number of nitrogens with two attached hydrogens (primary N) is 2. The van der Waals surface area contributed by atoms with Crippen LogP contribution in [0.3, 0.4) is 0 Å². The van der Waals surface area contributed by atoms with Crippen molar-refractivity contribution in [3.05, 3.63) is 24.3 Å². The Labute approximate surface area is 100 Å². The second-order valence-electron chi connectivity index (χ2n) is 4.55. The molecule has 2 bridgehead atoms. The Morgan fingerprint density at radius 3 is 2.59 bits per heavy atom. The lowest BCUT2D eigenvalue weighted by atomic mass is 10.2. The van der Waals surface area contributed by atoms with E-state index in [1.54, 1.807) is 0 Å². The third-order valence-corrected chi connectivity index (χ3v) is 3.34. The molecular weight excluding hydrogens is 216 g/mol. The number of ether oxygens (including phenoxy) is 1. The fourth-order valence-electron chi connectivity index (χ4n) is 2.58. The molecule has 2 aliphatic heterocycles. The highest BCUT2D eigenvalue weighted by molar-refractivity contribution is 5.79. The molecule has 2 fully saturated rings. The van der Waals surface area contributed by atoms with Crippen molar-refractivity contribution in [2.45, 2.75) is 18.6 Å². The smallest absolute Gasteiger partial charge is 0.191 e. The highest BCUT2D eigenvalue weighted by Gasteiger charge is 2.38. The number of hydrogen-bond acceptors (Lipinski definition) is 3. The number of guanidine groups is 1. The van der Waals surface area contributed by atoms with Gasteiger partial charge in [0.1, 0.15) is 0 Å². The largest absolute Gasteiger partial charge is 0.374 e. The maximum Gasteiger partial charge on any atom is 0.191 e. The predicted octanol–water partition coefficient (Wildman–Crippen LogP) is 0.569. The van der Waals surface area contributed by atoms with Crippen molar-refractivity contribution in [2.75, 3.05) is 18.1 Å². The van der Waals surface area contributed by atoms with Crippen molar-refractivity contribution < 1.29 is 4.74 Å². The molecule has 0 saturated carbocycles. The van der Waals surface area contributed by atoms with Crippen LogP contribution in [0.25, 0.3) is 0 Å². The van der Waals surface area contributed by atoms with Crippen LogP contribution in [-0.4, -0.2) is 31.3 Å². The van der Waals surface area contributed by atoms with Crippen LogP contribution < -0.4 is 16.4 Å². The minimum Gasteiger partial charge on any atom is -0.374 e. The molecule has 5 nitrogen and oxygen atoms in total. The summed E-state index contributed by atoms with van der Waals surface area (Å²) in [6.45, 7) is 1.84. The number of rotatable bonds is 2. The van der Waals surface area contributed by atoms with Crippen molar-refractivity contribution in [3.8, 4) is 0 Å². The minimum absolute atomic E-state index is 0.0892. The van der Waals surface area contributed by atoms with E-state index in [2.05, 4.69) is 22.0 Å². The number of benzene rings is 1. The van der Waals surface area contributed by atoms with Crippen molar-refractivity contribution >= 4 is 17.3 Å². The lowest BCUT2D eigenvalue weighted by molar-refractivity contribution is 0.0991. The zero-order chi connectivity index (χ0) is 11.8. The molecule has 0 aliphatic carbocycles. The Bertz CT molecular complexity index is 438. The summed E-state index contributed by atoms with van der Waals surface area (Å²) < 4.78 is 5.58. The number of aliphatic imine (C=N–C) groups is 1. The fourth-order valence-corrected chi connectivity index (χ4v) is 2.58. The fraction of sp³-hybridized carbons (Fsp3) is 0.417. The van der Waals surface area contributed by atoms with Crippen LogP contribution in [0.4, 0.5) is 11.4 Å². The SMILES string of the molecule is NC(N)=Nc1ccc(N2C[C@@H]3C[C@H]2CO3)cc1. The Morgan fingerprint density at radius 2 is 2.06 bits per heavy atom. The van der Waals surface area contributed by atoms with Gasteiger partial charge in [-0.25, -0.2) is 4.99 Å². The molecule has 90 valence electrons. The third-order valence-electron chi connectivity index (χ3n) is 3.34. The van der Waals surface area contributed by atoms with E-state index in [1.165, 1.54) is 5.69 Å². The first-order chi connectivity index (χ1) is 8.22. The third kappa shape index (κ3) is 1.93. The minimum atomic E-state index is 0.0892. The molecule has 2 aliphatic rings. The van der Waals surface area contributed by atoms with Gasteiger partial charge in [-0.15, -0.1) is 0 Å². The molecule has 0 spiro atoms. The predicted molar refractivity (Wildman–Crippen MR) is 67.4 cm³/mol. The zero-order valence-electron chi connectivity index (χ0n) is 9.54. The molecule has 1 aromatic carbocycles. The standard InChI is InChI=1S/C12H16N4O/c13-12(14)15-8-1-3-9(4-2-8)16-6-11-5-10(16)7-17-11/h1-4,10-11H,5-7H2,(H4,13,14,15)/t10-,11-/m0/s1. The van der Waals surface area contributed by atoms with Crippen molar-refractivity contribution in [3.63, 3.8) is 0 Å². The maximum absolute atomic E-state index is 5.58. The van der Waals surface area contributed by atoms with Gasteiger partial charge in [-0.05, 0) is 30.7 Å². The molecule has 1 aromatic rings. The molecule has 2 heterocycles. The van der Waals surface area contributed by atoms with Crippen molar-refractivity contribution in [2.24, 2.45) is 16.5 Å². The van der Waals surface area contributed by atoms with Crippen LogP contribution in [0.5, 0.6) is 0 Å². The number of morpholine rings is 1. The summed E-state index contributed by atoms with van der Waals surface area (Å²) in [5.41, 5.74) is 12.7. The van der Waals surface area contributed by atoms with Crippen LogP contribution in [-0.2, 0) is 4.74 Å². The molecule has 4 N–H and O–H groups in total. The number of nitrogens with zero attached hydrogens (tertiary/aromatic N) is 2. The summed E-state index contributed by atoms with van der Waals surface area (Å²) in [4.78, 5) is 6.40. The Balaban J connectivity index is 1.79. The van der Waals surface area contributed by atoms with Gasteiger partial charge in [0, 0.05) is 12.2 Å². The lowest BCUT2D eigenvalue weighted by Gasteiger charge is -2.28. The molecule has 0 amide bonds. The summed E-state index contributed by atoms with van der Waals surface area (Å²) in [5, 5.41) is 0. The first kappa shape index (κ1) is 10.4. The molecule has 17 heavy (non-hydrogen) atoms. The summed E-state index contributed by atoms with van der Waals surface area (Å²) >= 11 is 0. The first-order valence-electron chi connectivity index (χ1n) is 5.80. The van der Waals surface area contributed by atoms with E-state index in [0.29, 0.717) is 12.1 Å². The van der Waals surface area contributed by atoms with Gasteiger partial charge >= 0.3 is 0 Å². The van der Waals surface area contributed by atoms with E-state index in [0.717, 1.165) is 25.3 Å². The first-order valence-corrected chi connectivity index (χ1v) is 5.80. The van der Waals surface area contributed by atoms with Crippen LogP contribution in [0, 0.1) is 0 Å². The molecule has 3 rings (SSSR count). The summed E-state index contributed by atoms with van der Waals surface area (Å²) in [6.07, 6.45) is 1.56. The molecule has 5 heteroatoms. The van der Waals surface area contributed by atoms with Gasteiger partial charge in [0.25, 0.3) is 0 Å². The van der Waals surface area contributed by atoms with Gasteiger partial charge in [-0.1, -0.05) is 0 Å². The molecule has 2 saturated heterocycles. The van der Waals surface area contributed by atoms with Gasteiger partial charge < -0.3 is 21.1 Å². The molecule has 0 unspecified atom stereocenters. The van der Waals surface area contributed by atoms with E-state index >= 15 is 0 Å². The number of fused-ring (bicyclic) bond motifs is 2. The highest BCUT2D eigenvalue weighted by atomic mass is 16.5. The quantitative estimate of drug-likeness (QED) is 0.577. The van der Waals surface area contributed by atoms with E-state index in [-0.39, 0.29) is 5.96 Å². The lowest BCUT2D eigenvalue weighted by Crippen LogP contribution is -2.36. The second-order valence-corrected chi connectivity index (χ2v) is 4.55. The van der Waals surface area contributed by atoms with E-state index in [1.807, 2.05) is 12.1 Å². The van der Waals surface area contributed by atoms with Crippen LogP contribution in [0.15, 0.2) is 29.3 Å². The molecule has 0 aromatic heterocycles. The van der Waals surface area contributed by atoms with Crippen LogP contribution in [0.1, 0.15) is 6.42 Å². The second kappa shape index (κ2) is 3.92. The topological polar surface area (TPSA) is 76.9 Å². The van der Waals surface area contributed by atoms with Gasteiger partial charge in [-0.3, -0.25) is 0 Å². The number of hydrogen-bond donors (Lipinski definition) is 2. The molecule has 2 atom stereocenters. The van der Waals surface area contributed by atoms with Gasteiger partial charge in [0.15, 0.2) is 5.96 Å². The molecular formula is C12H16N4O. The summed E-state index contributed by atoms with van der Waals surface area (Å²) in [5.74, 6) is 0.0892. The summed E-state index contributed by atoms with van der Waals surface area (Å²) in [7, 11) is 0. The van der Waals surface area contributed by atoms with Gasteiger partial charge in [-0.2, -0.15) is 0 Å². The Kier molecular flexibility index (Phi) is 2.40. The number of anilines is 1. The average Bonchev–Trinajstić information content (AvgIpc) is 2.91. The van der Waals surface area contributed by atoms with Crippen LogP contribution >= 0.6 is 0 Å². The van der Waals surface area contributed by atoms with Gasteiger partial charge in [0.2, 0.25) is 0 Å². The normalized spacial score (nSPS) is 26.2. The maximum atomic E-state index is 5.58. The van der Waals surface area contributed by atoms with Crippen molar-refractivity contribution in [1.29, 1.82) is 0 Å². The Morgan fingerprint density at radius 1 is 1.29 bits per heavy atom. The van der Waals surface area contributed by atoms with E-state index in [9.17, 15) is 0 Å². The summed E-state index contributed by atoms with van der Waals surface area (Å²) in [6, 6.07) is 8.52. The Hall–Kier alpha value is -1.75. The monoisotopic (exact) mass is 232 g/mol. The van der Waals surface area contributed by atoms with Crippen molar-refractivity contribution in [1.82, 2.24) is 0 Å². The zero-order valence-corrected chi connectivity index (χ0v) is 9.54. The molecule has 0 radical (unpaired) electrons. The van der Waals surface area contributed by atoms with Crippen LogP contribution in [0.2, 0.25) is 0 Å². The highest BCUT2D eigenvalue weighted by Crippen LogP contribution is 2.33. The average molecular weight is 232 g/mol.